The Bertz CT molecular complexity index is 523. The highest BCUT2D eigenvalue weighted by atomic mass is 79.9. The molecule has 0 unspecified atom stereocenters. The van der Waals surface area contributed by atoms with Crippen LogP contribution in [0.4, 0.5) is 5.69 Å². The van der Waals surface area contributed by atoms with E-state index in [1.54, 1.807) is 18.3 Å². The van der Waals surface area contributed by atoms with Gasteiger partial charge in [0.2, 0.25) is 0 Å². The second-order valence-electron chi connectivity index (χ2n) is 3.32. The van der Waals surface area contributed by atoms with E-state index in [-0.39, 0.29) is 17.8 Å². The van der Waals surface area contributed by atoms with Gasteiger partial charge in [-0.2, -0.15) is 0 Å². The Kier molecular flexibility index (Phi) is 2.74. The number of aromatic nitrogens is 1. The summed E-state index contributed by atoms with van der Waals surface area (Å²) in [4.78, 5) is 19.1. The van der Waals surface area contributed by atoms with Gasteiger partial charge >= 0.3 is 5.97 Å². The van der Waals surface area contributed by atoms with E-state index in [1.165, 1.54) is 0 Å². The minimum atomic E-state index is -0.992. The molecular weight excluding hydrogens is 274 g/mol. The van der Waals surface area contributed by atoms with Crippen molar-refractivity contribution >= 4 is 39.5 Å². The molecule has 2 heterocycles. The monoisotopic (exact) mass is 281 g/mol. The Morgan fingerprint density at radius 1 is 1.56 bits per heavy atom. The van der Waals surface area contributed by atoms with Crippen LogP contribution < -0.4 is 5.73 Å². The van der Waals surface area contributed by atoms with E-state index in [2.05, 4.69) is 25.9 Å². The van der Waals surface area contributed by atoms with E-state index in [4.69, 9.17) is 10.8 Å². The lowest BCUT2D eigenvalue weighted by Crippen LogP contribution is -2.14. The third-order valence-corrected chi connectivity index (χ3v) is 2.55. The first-order valence-corrected chi connectivity index (χ1v) is 5.28. The smallest absolute Gasteiger partial charge is 0.332 e. The second kappa shape index (κ2) is 4.05. The van der Waals surface area contributed by atoms with Crippen LogP contribution in [0, 0.1) is 0 Å². The third-order valence-electron chi connectivity index (χ3n) is 2.12. The molecule has 0 radical (unpaired) electrons. The van der Waals surface area contributed by atoms with Crippen LogP contribution in [0.3, 0.4) is 0 Å². The molecule has 1 aromatic rings. The highest BCUT2D eigenvalue weighted by Gasteiger charge is 2.15. The number of hydrogen-bond donors (Lipinski definition) is 2. The van der Waals surface area contributed by atoms with Crippen LogP contribution in [-0.4, -0.2) is 21.9 Å². The first-order chi connectivity index (χ1) is 7.56. The van der Waals surface area contributed by atoms with Crippen LogP contribution in [0.15, 0.2) is 27.4 Å². The second-order valence-corrected chi connectivity index (χ2v) is 4.13. The predicted molar refractivity (Wildman–Crippen MR) is 63.4 cm³/mol. The predicted octanol–water partition coefficient (Wildman–Crippen LogP) is 1.70. The summed E-state index contributed by atoms with van der Waals surface area (Å²) in [6, 6.07) is 1.70. The lowest BCUT2D eigenvalue weighted by Gasteiger charge is -1.99. The van der Waals surface area contributed by atoms with E-state index < -0.39 is 5.97 Å². The zero-order valence-electron chi connectivity index (χ0n) is 8.14. The summed E-state index contributed by atoms with van der Waals surface area (Å²) in [5.41, 5.74) is 7.12. The number of carboxylic acids is 1. The minimum absolute atomic E-state index is 0.141. The zero-order valence-corrected chi connectivity index (χ0v) is 9.73. The number of aliphatic imine (C=N–C) groups is 1. The first-order valence-electron chi connectivity index (χ1n) is 4.48. The number of fused-ring (bicyclic) bond motifs is 1. The van der Waals surface area contributed by atoms with E-state index >= 15 is 0 Å². The number of nitrogens with zero attached hydrogens (tertiary/aromatic N) is 2. The standard InChI is InChI=1S/C10H8BrN3O2/c11-8-3-7-6(4-13-8)1-5(10(15)16)2-9(12)14-7/h1,3-4H,2H2,(H2,12,14)(H,15,16). The number of aliphatic carboxylic acids is 1. The van der Waals surface area contributed by atoms with Crippen LogP contribution in [0.2, 0.25) is 0 Å². The summed E-state index contributed by atoms with van der Waals surface area (Å²) in [6.07, 6.45) is 3.24. The van der Waals surface area contributed by atoms with Gasteiger partial charge in [0.25, 0.3) is 0 Å². The maximum atomic E-state index is 10.9. The molecule has 5 nitrogen and oxygen atoms in total. The van der Waals surface area contributed by atoms with Crippen molar-refractivity contribution in [3.05, 3.63) is 28.0 Å². The maximum absolute atomic E-state index is 10.9. The quantitative estimate of drug-likeness (QED) is 0.767. The number of hydrogen-bond acceptors (Lipinski definition) is 4. The molecule has 0 aliphatic carbocycles. The molecule has 1 aliphatic heterocycles. The molecule has 6 heteroatoms. The molecule has 82 valence electrons. The Hall–Kier alpha value is -1.69. The summed E-state index contributed by atoms with van der Waals surface area (Å²) in [5, 5.41) is 8.95. The third kappa shape index (κ3) is 2.11. The summed E-state index contributed by atoms with van der Waals surface area (Å²) < 4.78 is 0.634. The molecule has 1 aromatic heterocycles. The number of amidine groups is 1. The number of carboxylic acid groups (broad SMARTS) is 1. The molecular formula is C10H8BrN3O2. The average Bonchev–Trinajstić information content (AvgIpc) is 2.35. The van der Waals surface area contributed by atoms with Crippen LogP contribution in [-0.2, 0) is 4.79 Å². The summed E-state index contributed by atoms with van der Waals surface area (Å²) in [5.74, 6) is -0.709. The molecule has 0 bridgehead atoms. The van der Waals surface area contributed by atoms with Crippen LogP contribution in [0.5, 0.6) is 0 Å². The van der Waals surface area contributed by atoms with Crippen molar-refractivity contribution in [3.8, 4) is 0 Å². The van der Waals surface area contributed by atoms with Crippen LogP contribution >= 0.6 is 15.9 Å². The van der Waals surface area contributed by atoms with E-state index in [9.17, 15) is 4.79 Å². The number of rotatable bonds is 1. The molecule has 0 aromatic carbocycles. The SMILES string of the molecule is NC1=Nc2cc(Br)ncc2C=C(C(=O)O)C1. The van der Waals surface area contributed by atoms with Gasteiger partial charge in [-0.15, -0.1) is 0 Å². The van der Waals surface area contributed by atoms with Crippen molar-refractivity contribution < 1.29 is 9.90 Å². The van der Waals surface area contributed by atoms with Gasteiger partial charge in [0.15, 0.2) is 0 Å². The van der Waals surface area contributed by atoms with Gasteiger partial charge in [0, 0.05) is 23.8 Å². The van der Waals surface area contributed by atoms with Crippen molar-refractivity contribution in [1.29, 1.82) is 0 Å². The Morgan fingerprint density at radius 3 is 3.00 bits per heavy atom. The van der Waals surface area contributed by atoms with E-state index in [0.717, 1.165) is 0 Å². The number of nitrogens with two attached hydrogens (primary N) is 1. The molecule has 0 spiro atoms. The summed E-state index contributed by atoms with van der Waals surface area (Å²) in [7, 11) is 0. The van der Waals surface area contributed by atoms with Gasteiger partial charge < -0.3 is 10.8 Å². The molecule has 0 fully saturated rings. The molecule has 0 saturated carbocycles. The molecule has 3 N–H and O–H groups in total. The largest absolute Gasteiger partial charge is 0.478 e. The van der Waals surface area contributed by atoms with E-state index in [1.807, 2.05) is 0 Å². The van der Waals surface area contributed by atoms with Gasteiger partial charge in [-0.3, -0.25) is 0 Å². The molecule has 0 atom stereocenters. The first kappa shape index (κ1) is 10.8. The van der Waals surface area contributed by atoms with Crippen molar-refractivity contribution in [2.45, 2.75) is 6.42 Å². The van der Waals surface area contributed by atoms with Gasteiger partial charge in [-0.25, -0.2) is 14.8 Å². The van der Waals surface area contributed by atoms with Crippen molar-refractivity contribution in [3.63, 3.8) is 0 Å². The van der Waals surface area contributed by atoms with Crippen LogP contribution in [0.1, 0.15) is 12.0 Å². The number of halogens is 1. The van der Waals surface area contributed by atoms with Crippen LogP contribution in [0.25, 0.3) is 6.08 Å². The average molecular weight is 282 g/mol. The number of pyridine rings is 1. The van der Waals surface area contributed by atoms with Crippen molar-refractivity contribution in [2.75, 3.05) is 0 Å². The highest BCUT2D eigenvalue weighted by molar-refractivity contribution is 9.10. The fourth-order valence-corrected chi connectivity index (χ4v) is 1.72. The van der Waals surface area contributed by atoms with E-state index in [0.29, 0.717) is 15.9 Å². The molecule has 16 heavy (non-hydrogen) atoms. The topological polar surface area (TPSA) is 88.6 Å². The Labute approximate surface area is 99.8 Å². The lowest BCUT2D eigenvalue weighted by atomic mass is 10.1. The molecule has 0 amide bonds. The number of carbonyl (C=O) groups is 1. The summed E-state index contributed by atoms with van der Waals surface area (Å²) >= 11 is 3.22. The lowest BCUT2D eigenvalue weighted by molar-refractivity contribution is -0.132. The van der Waals surface area contributed by atoms with Gasteiger partial charge in [0.1, 0.15) is 10.4 Å². The summed E-state index contributed by atoms with van der Waals surface area (Å²) in [6.45, 7) is 0. The Balaban J connectivity index is 2.60. The maximum Gasteiger partial charge on any atom is 0.332 e. The molecule has 1 aliphatic rings. The normalized spacial score (nSPS) is 14.6. The van der Waals surface area contributed by atoms with Crippen molar-refractivity contribution in [1.82, 2.24) is 4.98 Å². The van der Waals surface area contributed by atoms with Crippen molar-refractivity contribution in [2.24, 2.45) is 10.7 Å². The van der Waals surface area contributed by atoms with Gasteiger partial charge in [-0.1, -0.05) is 0 Å². The molecule has 2 rings (SSSR count). The highest BCUT2D eigenvalue weighted by Crippen LogP contribution is 2.27. The van der Waals surface area contributed by atoms with Gasteiger partial charge in [0.05, 0.1) is 5.69 Å². The fourth-order valence-electron chi connectivity index (χ4n) is 1.40. The molecule has 0 saturated heterocycles. The Morgan fingerprint density at radius 2 is 2.31 bits per heavy atom. The van der Waals surface area contributed by atoms with Gasteiger partial charge in [-0.05, 0) is 28.1 Å². The zero-order chi connectivity index (χ0) is 11.7. The fraction of sp³-hybridized carbons (Fsp3) is 0.100. The minimum Gasteiger partial charge on any atom is -0.478 e.